The molecule has 21 heteroatoms. The van der Waals surface area contributed by atoms with Gasteiger partial charge in [0.05, 0.1) is 0 Å². The quantitative estimate of drug-likeness (QED) is 0.388. The van der Waals surface area contributed by atoms with Crippen molar-refractivity contribution in [2.24, 2.45) is 0 Å². The second kappa shape index (κ2) is 7.56. The highest BCUT2D eigenvalue weighted by atomic mass is 19.4. The Morgan fingerprint density at radius 2 is 0.941 bits per heavy atom. The third-order valence-corrected chi connectivity index (χ3v) is 3.94. The van der Waals surface area contributed by atoms with Crippen molar-refractivity contribution in [3.63, 3.8) is 0 Å². The van der Waals surface area contributed by atoms with E-state index in [1.807, 2.05) is 0 Å². The van der Waals surface area contributed by atoms with E-state index in [0.29, 0.717) is 0 Å². The van der Waals surface area contributed by atoms with Gasteiger partial charge in [0.15, 0.2) is 0 Å². The number of hydrogen-bond donors (Lipinski definition) is 0. The number of carbonyl (C=O) groups is 1. The number of aromatic nitrogens is 2. The van der Waals surface area contributed by atoms with Crippen molar-refractivity contribution in [3.8, 4) is 0 Å². The van der Waals surface area contributed by atoms with Gasteiger partial charge in [-0.2, -0.15) is 88.8 Å². The zero-order chi connectivity index (χ0) is 27.7. The first-order chi connectivity index (χ1) is 14.5. The third-order valence-electron chi connectivity index (χ3n) is 3.94. The second-order valence-corrected chi connectivity index (χ2v) is 6.29. The highest BCUT2D eigenvalue weighted by Crippen LogP contribution is 2.59. The van der Waals surface area contributed by atoms with E-state index in [-0.39, 0.29) is 6.92 Å². The van der Waals surface area contributed by atoms with Crippen LogP contribution in [0.3, 0.4) is 0 Å². The fraction of sp³-hybridized carbons (Fsp3) is 0.692. The lowest BCUT2D eigenvalue weighted by molar-refractivity contribution is -0.400. The van der Waals surface area contributed by atoms with Crippen molar-refractivity contribution in [2.45, 2.75) is 54.8 Å². The van der Waals surface area contributed by atoms with Crippen LogP contribution in [0.5, 0.6) is 0 Å². The Kier molecular flexibility index (Phi) is 6.59. The molecule has 0 aliphatic heterocycles. The van der Waals surface area contributed by atoms with Crippen molar-refractivity contribution in [1.29, 1.82) is 0 Å². The van der Waals surface area contributed by atoms with Crippen LogP contribution in [0.2, 0.25) is 0 Å². The average Bonchev–Trinajstić information content (AvgIpc) is 3.06. The van der Waals surface area contributed by atoms with Gasteiger partial charge in [-0.15, -0.1) is 0 Å². The van der Waals surface area contributed by atoms with Crippen molar-refractivity contribution < 1.29 is 83.8 Å². The molecule has 0 saturated carbocycles. The Bertz CT molecular complexity index is 937. The number of carbonyl (C=O) groups excluding carboxylic acids is 1. The number of hydrogen-bond acceptors (Lipinski definition) is 2. The summed E-state index contributed by atoms with van der Waals surface area (Å²) in [4.78, 5) is 11.2. The van der Waals surface area contributed by atoms with Crippen molar-refractivity contribution in [3.05, 3.63) is 17.5 Å². The molecular formula is C13H4F18N2O. The average molecular weight is 546 g/mol. The van der Waals surface area contributed by atoms with Crippen molar-refractivity contribution in [2.75, 3.05) is 0 Å². The smallest absolute Gasteiger partial charge is 0.273 e. The molecule has 1 rings (SSSR count). The van der Waals surface area contributed by atoms with Gasteiger partial charge in [-0.25, -0.2) is 0 Å². The Hall–Kier alpha value is -2.38. The van der Waals surface area contributed by atoms with Crippen LogP contribution in [0.25, 0.3) is 0 Å². The Morgan fingerprint density at radius 3 is 1.24 bits per heavy atom. The van der Waals surface area contributed by atoms with Gasteiger partial charge >= 0.3 is 47.9 Å². The van der Waals surface area contributed by atoms with E-state index in [9.17, 15) is 83.8 Å². The predicted octanol–water partition coefficient (Wildman–Crippen LogP) is 6.39. The van der Waals surface area contributed by atoms with Crippen LogP contribution < -0.4 is 0 Å². The summed E-state index contributed by atoms with van der Waals surface area (Å²) in [5, 5.41) is 1.76. The zero-order valence-electron chi connectivity index (χ0n) is 15.2. The lowest BCUT2D eigenvalue weighted by Gasteiger charge is -2.33. The molecule has 3 nitrogen and oxygen atoms in total. The van der Waals surface area contributed by atoms with Gasteiger partial charge in [-0.3, -0.25) is 4.79 Å². The SMILES string of the molecule is CC(=O)n1nc(C(F)(F)C(F)(F)C(F)(F)C(F)(F)F)cc1C(F)(F)C(F)(F)C(F)(F)C(F)(F)F. The molecule has 0 atom stereocenters. The van der Waals surface area contributed by atoms with E-state index >= 15 is 0 Å². The summed E-state index contributed by atoms with van der Waals surface area (Å²) >= 11 is 0. The molecule has 34 heavy (non-hydrogen) atoms. The summed E-state index contributed by atoms with van der Waals surface area (Å²) < 4.78 is 233. The lowest BCUT2D eigenvalue weighted by atomic mass is 9.98. The van der Waals surface area contributed by atoms with E-state index in [1.165, 1.54) is 0 Å². The number of nitrogens with zero attached hydrogens (tertiary/aromatic N) is 2. The van der Waals surface area contributed by atoms with E-state index in [1.54, 1.807) is 5.10 Å². The molecule has 0 aliphatic carbocycles. The van der Waals surface area contributed by atoms with E-state index in [0.717, 1.165) is 0 Å². The number of halogens is 18. The third kappa shape index (κ3) is 3.83. The van der Waals surface area contributed by atoms with Gasteiger partial charge < -0.3 is 0 Å². The largest absolute Gasteiger partial charge is 0.460 e. The monoisotopic (exact) mass is 546 g/mol. The van der Waals surface area contributed by atoms with Gasteiger partial charge in [0.25, 0.3) is 0 Å². The van der Waals surface area contributed by atoms with Gasteiger partial charge in [0.1, 0.15) is 11.4 Å². The van der Waals surface area contributed by atoms with Crippen molar-refractivity contribution >= 4 is 5.91 Å². The van der Waals surface area contributed by atoms with Crippen LogP contribution in [-0.2, 0) is 11.8 Å². The Morgan fingerprint density at radius 1 is 0.618 bits per heavy atom. The molecule has 0 aromatic carbocycles. The predicted molar refractivity (Wildman–Crippen MR) is 68.2 cm³/mol. The highest BCUT2D eigenvalue weighted by Gasteiger charge is 2.84. The zero-order valence-corrected chi connectivity index (χ0v) is 15.2. The standard InChI is InChI=1S/C13H4F18N2O/c1-3(34)33-5(7(16,17)9(20,21)11(24,25)13(29,30)31)2-4(32-33)6(14,15)8(18,19)10(22,23)12(26,27)28/h2H,1H3. The molecule has 0 bridgehead atoms. The number of alkyl halides is 18. The van der Waals surface area contributed by atoms with Gasteiger partial charge in [0.2, 0.25) is 5.91 Å². The van der Waals surface area contributed by atoms with Crippen LogP contribution >= 0.6 is 0 Å². The highest BCUT2D eigenvalue weighted by molar-refractivity contribution is 5.76. The molecular weight excluding hydrogens is 542 g/mol. The van der Waals surface area contributed by atoms with E-state index in [4.69, 9.17) is 0 Å². The van der Waals surface area contributed by atoms with E-state index < -0.39 is 75.9 Å². The van der Waals surface area contributed by atoms with Crippen LogP contribution in [0.4, 0.5) is 79.0 Å². The first-order valence-corrected chi connectivity index (χ1v) is 7.55. The van der Waals surface area contributed by atoms with Crippen LogP contribution in [0, 0.1) is 0 Å². The summed E-state index contributed by atoms with van der Waals surface area (Å²) in [7, 11) is 0. The minimum atomic E-state index is -7.69. The summed E-state index contributed by atoms with van der Waals surface area (Å²) in [6, 6.07) is -1.62. The normalized spacial score (nSPS) is 15.6. The maximum atomic E-state index is 14.0. The maximum absolute atomic E-state index is 14.0. The molecule has 0 fully saturated rings. The van der Waals surface area contributed by atoms with Crippen molar-refractivity contribution in [1.82, 2.24) is 9.78 Å². The van der Waals surface area contributed by atoms with Gasteiger partial charge in [-0.1, -0.05) is 0 Å². The summed E-state index contributed by atoms with van der Waals surface area (Å²) in [5.41, 5.74) is -6.80. The molecule has 1 aromatic rings. The molecule has 0 saturated heterocycles. The topological polar surface area (TPSA) is 34.9 Å². The van der Waals surface area contributed by atoms with E-state index in [2.05, 4.69) is 0 Å². The minimum Gasteiger partial charge on any atom is -0.273 e. The van der Waals surface area contributed by atoms with Gasteiger partial charge in [0, 0.05) is 6.92 Å². The lowest BCUT2D eigenvalue weighted by Crippen LogP contribution is -2.60. The molecule has 0 radical (unpaired) electrons. The summed E-state index contributed by atoms with van der Waals surface area (Å²) in [5.74, 6) is -47.1. The molecule has 0 aliphatic rings. The van der Waals surface area contributed by atoms with Gasteiger partial charge in [-0.05, 0) is 6.07 Å². The Balaban J connectivity index is 3.89. The van der Waals surface area contributed by atoms with Crippen LogP contribution in [0.15, 0.2) is 6.07 Å². The molecule has 1 aromatic heterocycles. The molecule has 0 spiro atoms. The first kappa shape index (κ1) is 29.7. The maximum Gasteiger partial charge on any atom is 0.460 e. The number of rotatable bonds is 6. The summed E-state index contributed by atoms with van der Waals surface area (Å²) in [6.07, 6.45) is -14.9. The molecule has 0 N–H and O–H groups in total. The fourth-order valence-electron chi connectivity index (χ4n) is 2.07. The van der Waals surface area contributed by atoms with Crippen LogP contribution in [-0.4, -0.2) is 51.7 Å². The molecule has 198 valence electrons. The summed E-state index contributed by atoms with van der Waals surface area (Å²) in [6.45, 7) is -0.114. The first-order valence-electron chi connectivity index (χ1n) is 7.55. The molecule has 1 heterocycles. The molecule has 0 amide bonds. The fourth-order valence-corrected chi connectivity index (χ4v) is 2.07. The molecule has 0 unspecified atom stereocenters. The van der Waals surface area contributed by atoms with Crippen LogP contribution in [0.1, 0.15) is 23.1 Å². The minimum absolute atomic E-state index is 0.114. The second-order valence-electron chi connectivity index (χ2n) is 6.29. The Labute approximate surface area is 173 Å².